The van der Waals surface area contributed by atoms with Gasteiger partial charge in [-0.25, -0.2) is 5.43 Å². The maximum Gasteiger partial charge on any atom is 0.266 e. The summed E-state index contributed by atoms with van der Waals surface area (Å²) in [6, 6.07) is 4.62. The molecular weight excluding hydrogens is 277 g/mol. The summed E-state index contributed by atoms with van der Waals surface area (Å²) < 4.78 is 0. The Hall–Kier alpha value is -1.30. The Balaban J connectivity index is 1.93. The van der Waals surface area contributed by atoms with Crippen LogP contribution < -0.4 is 16.2 Å². The highest BCUT2D eigenvalue weighted by Gasteiger charge is 2.21. The molecular formula is C11H11Cl2N3O2. The van der Waals surface area contributed by atoms with Gasteiger partial charge in [0.15, 0.2) is 0 Å². The maximum absolute atomic E-state index is 11.8. The van der Waals surface area contributed by atoms with Crippen LogP contribution in [0.25, 0.3) is 0 Å². The van der Waals surface area contributed by atoms with E-state index in [1.54, 1.807) is 6.07 Å². The summed E-state index contributed by atoms with van der Waals surface area (Å²) in [6.45, 7) is 0. The van der Waals surface area contributed by atoms with Crippen molar-refractivity contribution in [2.75, 3.05) is 0 Å². The number of hydrazine groups is 1. The van der Waals surface area contributed by atoms with E-state index in [-0.39, 0.29) is 23.0 Å². The normalized spacial score (nSPS) is 18.6. The Morgan fingerprint density at radius 3 is 2.78 bits per heavy atom. The summed E-state index contributed by atoms with van der Waals surface area (Å²) in [5.41, 5.74) is 5.54. The van der Waals surface area contributed by atoms with Crippen LogP contribution in [0.5, 0.6) is 0 Å². The molecule has 18 heavy (non-hydrogen) atoms. The second-order valence-corrected chi connectivity index (χ2v) is 4.73. The molecule has 0 spiro atoms. The third-order valence-corrected chi connectivity index (χ3v) is 3.08. The Bertz CT molecular complexity index is 493. The van der Waals surface area contributed by atoms with E-state index in [4.69, 9.17) is 23.2 Å². The Kier molecular flexibility index (Phi) is 4.06. The highest BCUT2D eigenvalue weighted by Crippen LogP contribution is 2.20. The molecule has 5 nitrogen and oxygen atoms in total. The number of nitrogens with one attached hydrogen (secondary N) is 3. The van der Waals surface area contributed by atoms with E-state index in [0.29, 0.717) is 23.4 Å². The minimum absolute atomic E-state index is 0.0359. The molecule has 0 bridgehead atoms. The van der Waals surface area contributed by atoms with Crippen LogP contribution in [0.4, 0.5) is 0 Å². The van der Waals surface area contributed by atoms with Gasteiger partial charge in [0.1, 0.15) is 0 Å². The number of carbonyl (C=O) groups is 2. The lowest BCUT2D eigenvalue weighted by Crippen LogP contribution is -2.49. The van der Waals surface area contributed by atoms with Crippen molar-refractivity contribution in [1.29, 1.82) is 0 Å². The molecule has 1 unspecified atom stereocenters. The molecule has 0 saturated carbocycles. The van der Waals surface area contributed by atoms with Crippen LogP contribution in [0.1, 0.15) is 23.2 Å². The van der Waals surface area contributed by atoms with Gasteiger partial charge in [-0.2, -0.15) is 0 Å². The van der Waals surface area contributed by atoms with Gasteiger partial charge in [0.05, 0.1) is 16.8 Å². The Morgan fingerprint density at radius 1 is 1.39 bits per heavy atom. The van der Waals surface area contributed by atoms with Crippen molar-refractivity contribution >= 4 is 35.0 Å². The monoisotopic (exact) mass is 287 g/mol. The van der Waals surface area contributed by atoms with Crippen molar-refractivity contribution in [3.63, 3.8) is 0 Å². The molecule has 1 aromatic rings. The van der Waals surface area contributed by atoms with Crippen LogP contribution in [0.2, 0.25) is 10.0 Å². The standard InChI is InChI=1S/C11H11Cl2N3O2/c12-6-1-2-7(8(13)5-6)11(18)16-15-9-3-4-10(17)14-9/h1-2,5,9,15H,3-4H2,(H,14,17)(H,16,18). The summed E-state index contributed by atoms with van der Waals surface area (Å²) in [4.78, 5) is 22.8. The molecule has 1 atom stereocenters. The lowest BCUT2D eigenvalue weighted by atomic mass is 10.2. The zero-order chi connectivity index (χ0) is 13.1. The fraction of sp³-hybridized carbons (Fsp3) is 0.273. The molecule has 1 fully saturated rings. The highest BCUT2D eigenvalue weighted by atomic mass is 35.5. The first-order valence-electron chi connectivity index (χ1n) is 5.36. The van der Waals surface area contributed by atoms with Gasteiger partial charge in [-0.3, -0.25) is 15.0 Å². The van der Waals surface area contributed by atoms with E-state index in [9.17, 15) is 9.59 Å². The van der Waals surface area contributed by atoms with Crippen molar-refractivity contribution in [2.24, 2.45) is 0 Å². The average Bonchev–Trinajstić information content (AvgIpc) is 2.72. The quantitative estimate of drug-likeness (QED) is 0.738. The maximum atomic E-state index is 11.8. The molecule has 0 aliphatic carbocycles. The summed E-state index contributed by atoms with van der Waals surface area (Å²) in [5, 5.41) is 3.41. The Morgan fingerprint density at radius 2 is 2.17 bits per heavy atom. The van der Waals surface area contributed by atoms with Gasteiger partial charge < -0.3 is 5.32 Å². The van der Waals surface area contributed by atoms with Crippen LogP contribution in [0.15, 0.2) is 18.2 Å². The molecule has 0 radical (unpaired) electrons. The number of halogens is 2. The lowest BCUT2D eigenvalue weighted by Gasteiger charge is -2.13. The van der Waals surface area contributed by atoms with Crippen LogP contribution in [0.3, 0.4) is 0 Å². The molecule has 1 aliphatic rings. The van der Waals surface area contributed by atoms with Gasteiger partial charge in [-0.1, -0.05) is 23.2 Å². The topological polar surface area (TPSA) is 70.2 Å². The first-order chi connectivity index (χ1) is 8.56. The van der Waals surface area contributed by atoms with E-state index >= 15 is 0 Å². The van der Waals surface area contributed by atoms with Gasteiger partial charge in [0.25, 0.3) is 5.91 Å². The fourth-order valence-corrected chi connectivity index (χ4v) is 2.11. The smallest absolute Gasteiger partial charge is 0.266 e. The zero-order valence-electron chi connectivity index (χ0n) is 9.30. The number of rotatable bonds is 3. The van der Waals surface area contributed by atoms with E-state index in [1.165, 1.54) is 12.1 Å². The third-order valence-electron chi connectivity index (χ3n) is 2.53. The number of amides is 2. The van der Waals surface area contributed by atoms with Gasteiger partial charge in [0.2, 0.25) is 5.91 Å². The first-order valence-corrected chi connectivity index (χ1v) is 6.12. The van der Waals surface area contributed by atoms with Crippen molar-refractivity contribution in [3.8, 4) is 0 Å². The van der Waals surface area contributed by atoms with E-state index in [0.717, 1.165) is 0 Å². The minimum Gasteiger partial charge on any atom is -0.339 e. The van der Waals surface area contributed by atoms with Gasteiger partial charge in [0, 0.05) is 11.4 Å². The number of benzene rings is 1. The predicted molar refractivity (Wildman–Crippen MR) is 68.2 cm³/mol. The SMILES string of the molecule is O=C1CCC(NNC(=O)c2ccc(Cl)cc2Cl)N1. The van der Waals surface area contributed by atoms with Crippen LogP contribution in [-0.4, -0.2) is 18.0 Å². The van der Waals surface area contributed by atoms with Crippen LogP contribution in [-0.2, 0) is 4.79 Å². The number of carbonyl (C=O) groups excluding carboxylic acids is 2. The summed E-state index contributed by atoms with van der Waals surface area (Å²) in [5.74, 6) is -0.413. The lowest BCUT2D eigenvalue weighted by molar-refractivity contribution is -0.119. The molecule has 2 amide bonds. The second kappa shape index (κ2) is 5.56. The Labute approximate surface area is 114 Å². The first kappa shape index (κ1) is 13.1. The van der Waals surface area contributed by atoms with Crippen molar-refractivity contribution < 1.29 is 9.59 Å². The number of hydrogen-bond donors (Lipinski definition) is 3. The molecule has 7 heteroatoms. The molecule has 96 valence electrons. The minimum atomic E-state index is -0.377. The van der Waals surface area contributed by atoms with Crippen LogP contribution >= 0.6 is 23.2 Å². The summed E-state index contributed by atoms with van der Waals surface area (Å²) >= 11 is 11.6. The molecule has 1 aromatic carbocycles. The molecule has 1 saturated heterocycles. The molecule has 0 aromatic heterocycles. The van der Waals surface area contributed by atoms with Crippen LogP contribution in [0, 0.1) is 0 Å². The largest absolute Gasteiger partial charge is 0.339 e. The van der Waals surface area contributed by atoms with E-state index in [1.807, 2.05) is 0 Å². The van der Waals surface area contributed by atoms with Crippen molar-refractivity contribution in [1.82, 2.24) is 16.2 Å². The molecule has 1 aliphatic heterocycles. The number of hydrogen-bond acceptors (Lipinski definition) is 3. The third kappa shape index (κ3) is 3.13. The second-order valence-electron chi connectivity index (χ2n) is 3.88. The molecule has 2 rings (SSSR count). The van der Waals surface area contributed by atoms with Gasteiger partial charge >= 0.3 is 0 Å². The van der Waals surface area contributed by atoms with Gasteiger partial charge in [-0.05, 0) is 24.6 Å². The van der Waals surface area contributed by atoms with E-state index in [2.05, 4.69) is 16.2 Å². The molecule has 3 N–H and O–H groups in total. The zero-order valence-corrected chi connectivity index (χ0v) is 10.8. The average molecular weight is 288 g/mol. The summed E-state index contributed by atoms with van der Waals surface area (Å²) in [6.07, 6.45) is 0.843. The van der Waals surface area contributed by atoms with E-state index < -0.39 is 0 Å². The van der Waals surface area contributed by atoms with Gasteiger partial charge in [-0.15, -0.1) is 0 Å². The highest BCUT2D eigenvalue weighted by molar-refractivity contribution is 6.36. The van der Waals surface area contributed by atoms with Crippen molar-refractivity contribution in [2.45, 2.75) is 19.0 Å². The summed E-state index contributed by atoms with van der Waals surface area (Å²) in [7, 11) is 0. The van der Waals surface area contributed by atoms with Crippen molar-refractivity contribution in [3.05, 3.63) is 33.8 Å². The fourth-order valence-electron chi connectivity index (χ4n) is 1.62. The predicted octanol–water partition coefficient (Wildman–Crippen LogP) is 1.46. The molecule has 1 heterocycles.